The number of fused-ring (bicyclic) bond motifs is 1. The summed E-state index contributed by atoms with van der Waals surface area (Å²) in [4.78, 5) is 32.6. The molecule has 0 spiro atoms. The van der Waals surface area contributed by atoms with Crippen molar-refractivity contribution in [2.24, 2.45) is 0 Å². The van der Waals surface area contributed by atoms with Gasteiger partial charge in [0.05, 0.1) is 31.9 Å². The molecule has 0 aliphatic carbocycles. The number of carbonyl (C=O) groups excluding carboxylic acids is 2. The number of amides is 2. The second kappa shape index (κ2) is 8.39. The van der Waals surface area contributed by atoms with Crippen molar-refractivity contribution in [2.45, 2.75) is 18.9 Å². The van der Waals surface area contributed by atoms with Gasteiger partial charge < -0.3 is 19.7 Å². The highest BCUT2D eigenvalue weighted by atomic mass is 32.1. The van der Waals surface area contributed by atoms with Gasteiger partial charge in [-0.15, -0.1) is 11.3 Å². The maximum absolute atomic E-state index is 13.5. The van der Waals surface area contributed by atoms with Crippen LogP contribution in [0.15, 0.2) is 47.8 Å². The van der Waals surface area contributed by atoms with Gasteiger partial charge in [-0.2, -0.15) is 0 Å². The van der Waals surface area contributed by atoms with Crippen molar-refractivity contribution in [1.29, 1.82) is 0 Å². The number of thiazole rings is 1. The molecule has 3 aromatic rings. The zero-order chi connectivity index (χ0) is 22.1. The smallest absolute Gasteiger partial charge is 0.254 e. The number of benzene rings is 2. The molecule has 1 aromatic heterocycles. The van der Waals surface area contributed by atoms with E-state index in [9.17, 15) is 9.59 Å². The standard InChI is InChI=1S/C23H23N3O4S/c1-13-12-31-23(24-13)25-21(27)19-15-7-5-6-8-16(15)22(28)26(2)20(19)14-9-10-17(29-3)18(11-14)30-4/h5-12,19-20H,1-4H3,(H,24,25,27)/t19-,20+/m0/s1. The molecule has 8 heteroatoms. The number of aromatic nitrogens is 1. The second-order valence-electron chi connectivity index (χ2n) is 7.32. The number of ether oxygens (including phenoxy) is 2. The highest BCUT2D eigenvalue weighted by molar-refractivity contribution is 7.13. The van der Waals surface area contributed by atoms with Gasteiger partial charge in [-0.1, -0.05) is 24.3 Å². The lowest BCUT2D eigenvalue weighted by Crippen LogP contribution is -2.44. The van der Waals surface area contributed by atoms with Gasteiger partial charge in [0.15, 0.2) is 16.6 Å². The summed E-state index contributed by atoms with van der Waals surface area (Å²) in [5.41, 5.74) is 2.83. The van der Waals surface area contributed by atoms with Crippen LogP contribution in [0.4, 0.5) is 5.13 Å². The van der Waals surface area contributed by atoms with Crippen LogP contribution in [-0.4, -0.2) is 43.0 Å². The van der Waals surface area contributed by atoms with E-state index in [1.165, 1.54) is 11.3 Å². The molecule has 1 aliphatic heterocycles. The number of nitrogens with one attached hydrogen (secondary N) is 1. The maximum atomic E-state index is 13.5. The Morgan fingerprint density at radius 3 is 2.55 bits per heavy atom. The number of likely N-dealkylation sites (N-methyl/N-ethyl adjacent to an activating group) is 1. The summed E-state index contributed by atoms with van der Waals surface area (Å²) in [5.74, 6) is 0.136. The van der Waals surface area contributed by atoms with Crippen LogP contribution in [0.3, 0.4) is 0 Å². The van der Waals surface area contributed by atoms with Gasteiger partial charge in [0.2, 0.25) is 5.91 Å². The average Bonchev–Trinajstić information content (AvgIpc) is 3.19. The Labute approximate surface area is 184 Å². The predicted molar refractivity (Wildman–Crippen MR) is 119 cm³/mol. The van der Waals surface area contributed by atoms with Crippen LogP contribution in [0, 0.1) is 6.92 Å². The summed E-state index contributed by atoms with van der Waals surface area (Å²) < 4.78 is 10.8. The molecule has 2 heterocycles. The Balaban J connectivity index is 1.83. The Hall–Kier alpha value is -3.39. The van der Waals surface area contributed by atoms with E-state index in [2.05, 4.69) is 10.3 Å². The summed E-state index contributed by atoms with van der Waals surface area (Å²) in [6, 6.07) is 12.2. The van der Waals surface area contributed by atoms with Gasteiger partial charge in [0.1, 0.15) is 0 Å². The first-order valence-electron chi connectivity index (χ1n) is 9.75. The minimum atomic E-state index is -0.624. The number of hydrogen-bond donors (Lipinski definition) is 1. The molecule has 0 bridgehead atoms. The van der Waals surface area contributed by atoms with Crippen molar-refractivity contribution in [3.8, 4) is 11.5 Å². The number of methoxy groups -OCH3 is 2. The van der Waals surface area contributed by atoms with Crippen molar-refractivity contribution in [1.82, 2.24) is 9.88 Å². The number of aryl methyl sites for hydroxylation is 1. The third-order valence-corrected chi connectivity index (χ3v) is 6.34. The molecule has 160 valence electrons. The lowest BCUT2D eigenvalue weighted by molar-refractivity contribution is -0.119. The lowest BCUT2D eigenvalue weighted by Gasteiger charge is -2.39. The number of anilines is 1. The topological polar surface area (TPSA) is 80.8 Å². The molecule has 0 saturated heterocycles. The minimum absolute atomic E-state index is 0.135. The first-order valence-corrected chi connectivity index (χ1v) is 10.6. The van der Waals surface area contributed by atoms with Crippen LogP contribution in [0.1, 0.15) is 39.1 Å². The first-order chi connectivity index (χ1) is 14.9. The highest BCUT2D eigenvalue weighted by Gasteiger charge is 2.43. The fraction of sp³-hybridized carbons (Fsp3) is 0.261. The van der Waals surface area contributed by atoms with Crippen molar-refractivity contribution in [3.05, 3.63) is 70.2 Å². The lowest BCUT2D eigenvalue weighted by atomic mass is 9.79. The Morgan fingerprint density at radius 2 is 1.87 bits per heavy atom. The quantitative estimate of drug-likeness (QED) is 0.652. The van der Waals surface area contributed by atoms with Crippen LogP contribution in [-0.2, 0) is 4.79 Å². The number of rotatable bonds is 5. The van der Waals surface area contributed by atoms with Crippen LogP contribution >= 0.6 is 11.3 Å². The van der Waals surface area contributed by atoms with Crippen molar-refractivity contribution in [3.63, 3.8) is 0 Å². The zero-order valence-corrected chi connectivity index (χ0v) is 18.5. The minimum Gasteiger partial charge on any atom is -0.493 e. The van der Waals surface area contributed by atoms with E-state index < -0.39 is 12.0 Å². The van der Waals surface area contributed by atoms with E-state index in [1.54, 1.807) is 44.4 Å². The summed E-state index contributed by atoms with van der Waals surface area (Å²) in [5, 5.41) is 5.35. The molecule has 0 saturated carbocycles. The molecule has 31 heavy (non-hydrogen) atoms. The third kappa shape index (κ3) is 3.74. The zero-order valence-electron chi connectivity index (χ0n) is 17.7. The van der Waals surface area contributed by atoms with Gasteiger partial charge in [0, 0.05) is 18.0 Å². The molecule has 7 nitrogen and oxygen atoms in total. The largest absolute Gasteiger partial charge is 0.493 e. The first kappa shape index (κ1) is 20.9. The van der Waals surface area contributed by atoms with E-state index in [-0.39, 0.29) is 11.8 Å². The summed E-state index contributed by atoms with van der Waals surface area (Å²) >= 11 is 1.37. The van der Waals surface area contributed by atoms with Gasteiger partial charge in [-0.25, -0.2) is 4.98 Å². The number of hydrogen-bond acceptors (Lipinski definition) is 6. The second-order valence-corrected chi connectivity index (χ2v) is 8.18. The molecule has 2 atom stereocenters. The molecule has 0 unspecified atom stereocenters. The molecule has 4 rings (SSSR count). The molecule has 1 aliphatic rings. The molecule has 1 N–H and O–H groups in total. The summed E-state index contributed by atoms with van der Waals surface area (Å²) in [7, 11) is 4.84. The highest BCUT2D eigenvalue weighted by Crippen LogP contribution is 2.44. The van der Waals surface area contributed by atoms with E-state index in [4.69, 9.17) is 9.47 Å². The SMILES string of the molecule is COc1ccc([C@@H]2[C@@H](C(=O)Nc3nc(C)cs3)c3ccccc3C(=O)N2C)cc1OC. The van der Waals surface area contributed by atoms with E-state index >= 15 is 0 Å². The van der Waals surface area contributed by atoms with E-state index in [0.29, 0.717) is 27.8 Å². The van der Waals surface area contributed by atoms with Gasteiger partial charge in [0.25, 0.3) is 5.91 Å². The van der Waals surface area contributed by atoms with Gasteiger partial charge in [-0.05, 0) is 36.2 Å². The Bertz CT molecular complexity index is 1140. The van der Waals surface area contributed by atoms with Crippen LogP contribution < -0.4 is 14.8 Å². The van der Waals surface area contributed by atoms with Crippen LogP contribution in [0.25, 0.3) is 0 Å². The third-order valence-electron chi connectivity index (χ3n) is 5.46. The predicted octanol–water partition coefficient (Wildman–Crippen LogP) is 4.02. The number of nitrogens with zero attached hydrogens (tertiary/aromatic N) is 2. The molecular weight excluding hydrogens is 414 g/mol. The molecule has 0 fully saturated rings. The van der Waals surface area contributed by atoms with Gasteiger partial charge >= 0.3 is 0 Å². The van der Waals surface area contributed by atoms with E-state index in [0.717, 1.165) is 11.3 Å². The normalized spacial score (nSPS) is 17.8. The molecule has 2 amide bonds. The van der Waals surface area contributed by atoms with Gasteiger partial charge in [-0.3, -0.25) is 9.59 Å². The van der Waals surface area contributed by atoms with Crippen molar-refractivity contribution >= 4 is 28.3 Å². The van der Waals surface area contributed by atoms with Crippen molar-refractivity contribution < 1.29 is 19.1 Å². The summed E-state index contributed by atoms with van der Waals surface area (Å²) in [6.45, 7) is 1.88. The summed E-state index contributed by atoms with van der Waals surface area (Å²) in [6.07, 6.45) is 0. The molecular formula is C23H23N3O4S. The Morgan fingerprint density at radius 1 is 1.13 bits per heavy atom. The maximum Gasteiger partial charge on any atom is 0.254 e. The fourth-order valence-corrected chi connectivity index (χ4v) is 4.70. The average molecular weight is 438 g/mol. The van der Waals surface area contributed by atoms with E-state index in [1.807, 2.05) is 36.6 Å². The van der Waals surface area contributed by atoms with Crippen LogP contribution in [0.2, 0.25) is 0 Å². The molecule has 2 aromatic carbocycles. The monoisotopic (exact) mass is 437 g/mol. The van der Waals surface area contributed by atoms with Crippen LogP contribution in [0.5, 0.6) is 11.5 Å². The number of carbonyl (C=O) groups is 2. The Kier molecular flexibility index (Phi) is 5.65. The molecule has 0 radical (unpaired) electrons. The fourth-order valence-electron chi connectivity index (χ4n) is 4.00. The van der Waals surface area contributed by atoms with Crippen molar-refractivity contribution in [2.75, 3.05) is 26.6 Å².